The number of carbonyl (C=O) groups is 1. The molecule has 0 radical (unpaired) electrons. The normalized spacial score (nSPS) is 22.4. The zero-order chi connectivity index (χ0) is 20.7. The van der Waals surface area contributed by atoms with Crippen molar-refractivity contribution in [3.8, 4) is 11.5 Å². The van der Waals surface area contributed by atoms with Gasteiger partial charge in [0.15, 0.2) is 0 Å². The monoisotopic (exact) mass is 402 g/mol. The molecule has 7 nitrogen and oxygen atoms in total. The Balaban J connectivity index is 1.59. The van der Waals surface area contributed by atoms with Crippen LogP contribution in [0.15, 0.2) is 66.6 Å². The highest BCUT2D eigenvalue weighted by molar-refractivity contribution is 5.89. The van der Waals surface area contributed by atoms with Crippen LogP contribution < -0.4 is 14.8 Å². The number of Topliss-reactive ketones (excluding diaryl/α,β-unsaturated/α-hetero) is 1. The summed E-state index contributed by atoms with van der Waals surface area (Å²) in [5, 5.41) is 7.74. The van der Waals surface area contributed by atoms with Gasteiger partial charge in [-0.1, -0.05) is 36.4 Å². The van der Waals surface area contributed by atoms with Crippen LogP contribution in [0.25, 0.3) is 0 Å². The number of para-hydroxylation sites is 1. The maximum Gasteiger partial charge on any atom is 0.226 e. The van der Waals surface area contributed by atoms with Gasteiger partial charge in [0, 0.05) is 23.6 Å². The lowest BCUT2D eigenvalue weighted by Crippen LogP contribution is -2.40. The number of nitrogens with zero attached hydrogens (tertiary/aromatic N) is 3. The van der Waals surface area contributed by atoms with E-state index in [1.165, 1.54) is 6.33 Å². The van der Waals surface area contributed by atoms with Gasteiger partial charge in [0.2, 0.25) is 5.95 Å². The summed E-state index contributed by atoms with van der Waals surface area (Å²) in [6.07, 6.45) is 4.08. The number of allylic oxidation sites excluding steroid dienone is 2. The summed E-state index contributed by atoms with van der Waals surface area (Å²) in [5.41, 5.74) is 2.86. The van der Waals surface area contributed by atoms with Gasteiger partial charge in [-0.15, -0.1) is 0 Å². The van der Waals surface area contributed by atoms with E-state index in [0.717, 1.165) is 28.3 Å². The van der Waals surface area contributed by atoms with Crippen molar-refractivity contribution in [1.82, 2.24) is 14.8 Å². The van der Waals surface area contributed by atoms with Gasteiger partial charge in [-0.3, -0.25) is 4.79 Å². The van der Waals surface area contributed by atoms with Crippen LogP contribution in [0.5, 0.6) is 11.5 Å². The van der Waals surface area contributed by atoms with E-state index in [2.05, 4.69) is 21.5 Å². The molecule has 0 amide bonds. The topological polar surface area (TPSA) is 78.3 Å². The van der Waals surface area contributed by atoms with Gasteiger partial charge in [-0.05, 0) is 23.8 Å². The number of benzene rings is 2. The first-order chi connectivity index (χ1) is 14.7. The molecule has 0 saturated carbocycles. The van der Waals surface area contributed by atoms with Crippen molar-refractivity contribution < 1.29 is 14.3 Å². The predicted octanol–water partition coefficient (Wildman–Crippen LogP) is 3.57. The maximum atomic E-state index is 13.4. The minimum atomic E-state index is -0.370. The number of hydrogen-bond donors (Lipinski definition) is 1. The summed E-state index contributed by atoms with van der Waals surface area (Å²) in [5.74, 6) is 1.94. The van der Waals surface area contributed by atoms with E-state index in [1.54, 1.807) is 18.9 Å². The van der Waals surface area contributed by atoms with Crippen molar-refractivity contribution >= 4 is 11.7 Å². The number of methoxy groups -OCH3 is 2. The molecule has 7 heteroatoms. The summed E-state index contributed by atoms with van der Waals surface area (Å²) in [6, 6.07) is 15.3. The number of nitrogens with one attached hydrogen (secondary N) is 1. The maximum absolute atomic E-state index is 13.4. The van der Waals surface area contributed by atoms with Crippen LogP contribution in [0, 0.1) is 5.92 Å². The van der Waals surface area contributed by atoms with E-state index in [9.17, 15) is 4.79 Å². The Morgan fingerprint density at radius 3 is 2.63 bits per heavy atom. The fourth-order valence-corrected chi connectivity index (χ4v) is 4.46. The second-order valence-corrected chi connectivity index (χ2v) is 7.49. The standard InChI is InChI=1S/C23H22N4O3/c1-29-16-9-7-14(8-10-16)15-11-18-21(19(28)12-15)22(27-23(26-18)24-13-25-27)17-5-3-4-6-20(17)30-2/h3-11,13,15,21-22H,12H2,1-2H3,(H,24,25,26)/t15-,21-,22-/m1/s1. The van der Waals surface area contributed by atoms with Gasteiger partial charge >= 0.3 is 0 Å². The minimum Gasteiger partial charge on any atom is -0.497 e. The van der Waals surface area contributed by atoms with Crippen molar-refractivity contribution in [2.45, 2.75) is 18.4 Å². The Labute approximate surface area is 174 Å². The number of rotatable bonds is 4. The highest BCUT2D eigenvalue weighted by Crippen LogP contribution is 2.45. The van der Waals surface area contributed by atoms with Crippen molar-refractivity contribution in [3.63, 3.8) is 0 Å². The first-order valence-electron chi connectivity index (χ1n) is 9.87. The van der Waals surface area contributed by atoms with E-state index in [4.69, 9.17) is 9.47 Å². The highest BCUT2D eigenvalue weighted by Gasteiger charge is 2.44. The molecule has 152 valence electrons. The van der Waals surface area contributed by atoms with Crippen molar-refractivity contribution in [2.75, 3.05) is 19.5 Å². The number of hydrogen-bond acceptors (Lipinski definition) is 6. The number of ketones is 1. The number of carbonyl (C=O) groups excluding carboxylic acids is 1. The molecule has 2 aromatic carbocycles. The van der Waals surface area contributed by atoms with Gasteiger partial charge in [0.1, 0.15) is 23.6 Å². The molecular formula is C23H22N4O3. The molecule has 2 aliphatic rings. The molecule has 1 aliphatic carbocycles. The summed E-state index contributed by atoms with van der Waals surface area (Å²) in [7, 11) is 3.28. The molecule has 0 spiro atoms. The van der Waals surface area contributed by atoms with Gasteiger partial charge in [-0.2, -0.15) is 10.1 Å². The van der Waals surface area contributed by atoms with E-state index >= 15 is 0 Å². The molecule has 3 atom stereocenters. The lowest BCUT2D eigenvalue weighted by molar-refractivity contribution is -0.123. The third-order valence-electron chi connectivity index (χ3n) is 5.89. The number of anilines is 1. The van der Waals surface area contributed by atoms with Crippen molar-refractivity contribution in [2.24, 2.45) is 5.92 Å². The third-order valence-corrected chi connectivity index (χ3v) is 5.89. The Morgan fingerprint density at radius 1 is 1.07 bits per heavy atom. The summed E-state index contributed by atoms with van der Waals surface area (Å²) in [4.78, 5) is 17.8. The molecule has 0 saturated heterocycles. The van der Waals surface area contributed by atoms with E-state index in [0.29, 0.717) is 12.4 Å². The van der Waals surface area contributed by atoms with Crippen LogP contribution in [-0.2, 0) is 4.79 Å². The van der Waals surface area contributed by atoms with E-state index in [-0.39, 0.29) is 23.7 Å². The number of ether oxygens (including phenoxy) is 2. The van der Waals surface area contributed by atoms with Gasteiger partial charge in [0.05, 0.1) is 26.2 Å². The first-order valence-corrected chi connectivity index (χ1v) is 9.87. The average molecular weight is 402 g/mol. The molecular weight excluding hydrogens is 380 g/mol. The molecule has 1 N–H and O–H groups in total. The smallest absolute Gasteiger partial charge is 0.226 e. The molecule has 30 heavy (non-hydrogen) atoms. The first kappa shape index (κ1) is 18.4. The Bertz CT molecular complexity index is 1120. The van der Waals surface area contributed by atoms with Crippen LogP contribution in [-0.4, -0.2) is 34.8 Å². The molecule has 5 rings (SSSR count). The third kappa shape index (κ3) is 2.94. The van der Waals surface area contributed by atoms with Crippen molar-refractivity contribution in [3.05, 3.63) is 77.8 Å². The van der Waals surface area contributed by atoms with E-state index in [1.807, 2.05) is 48.5 Å². The van der Waals surface area contributed by atoms with Crippen LogP contribution in [0.3, 0.4) is 0 Å². The van der Waals surface area contributed by atoms with Crippen LogP contribution >= 0.6 is 0 Å². The highest BCUT2D eigenvalue weighted by atomic mass is 16.5. The molecule has 3 aromatic rings. The summed E-state index contributed by atoms with van der Waals surface area (Å²) >= 11 is 0. The summed E-state index contributed by atoms with van der Waals surface area (Å²) in [6.45, 7) is 0. The van der Waals surface area contributed by atoms with Crippen LogP contribution in [0.1, 0.15) is 29.5 Å². The SMILES string of the molecule is COc1ccc([C@@H]2C=C3Nc4ncnn4[C@H](c4ccccc4OC)[C@H]3C(=O)C2)cc1. The molecule has 0 fully saturated rings. The van der Waals surface area contributed by atoms with Gasteiger partial charge in [0.25, 0.3) is 0 Å². The summed E-state index contributed by atoms with van der Waals surface area (Å²) < 4.78 is 12.6. The van der Waals surface area contributed by atoms with E-state index < -0.39 is 0 Å². The fourth-order valence-electron chi connectivity index (χ4n) is 4.46. The molecule has 2 heterocycles. The van der Waals surface area contributed by atoms with Crippen molar-refractivity contribution in [1.29, 1.82) is 0 Å². The average Bonchev–Trinajstić information content (AvgIpc) is 3.25. The quantitative estimate of drug-likeness (QED) is 0.719. The molecule has 0 bridgehead atoms. The second-order valence-electron chi connectivity index (χ2n) is 7.49. The molecule has 1 aromatic heterocycles. The zero-order valence-electron chi connectivity index (χ0n) is 16.8. The lowest BCUT2D eigenvalue weighted by Gasteiger charge is -2.38. The fraction of sp³-hybridized carbons (Fsp3) is 0.261. The second kappa shape index (κ2) is 7.33. The Hall–Kier alpha value is -3.61. The molecule has 1 aliphatic heterocycles. The largest absolute Gasteiger partial charge is 0.497 e. The number of fused-ring (bicyclic) bond motifs is 2. The van der Waals surface area contributed by atoms with Crippen LogP contribution in [0.4, 0.5) is 5.95 Å². The minimum absolute atomic E-state index is 0.00468. The Morgan fingerprint density at radius 2 is 1.87 bits per heavy atom. The van der Waals surface area contributed by atoms with Crippen LogP contribution in [0.2, 0.25) is 0 Å². The Kier molecular flexibility index (Phi) is 4.50. The molecule has 0 unspecified atom stereocenters. The lowest BCUT2D eigenvalue weighted by atomic mass is 9.75. The predicted molar refractivity (Wildman–Crippen MR) is 112 cm³/mol. The van der Waals surface area contributed by atoms with Gasteiger partial charge < -0.3 is 14.8 Å². The number of aromatic nitrogens is 3. The van der Waals surface area contributed by atoms with Gasteiger partial charge in [-0.25, -0.2) is 4.68 Å². The zero-order valence-corrected chi connectivity index (χ0v) is 16.8.